The first-order chi connectivity index (χ1) is 19.7. The molecule has 1 atom stereocenters. The van der Waals surface area contributed by atoms with Crippen molar-refractivity contribution in [1.29, 1.82) is 0 Å². The van der Waals surface area contributed by atoms with E-state index in [4.69, 9.17) is 0 Å². The molecule has 0 fully saturated rings. The number of carbonyl (C=O) groups is 1. The molecule has 0 saturated carbocycles. The van der Waals surface area contributed by atoms with E-state index in [-0.39, 0.29) is 30.0 Å². The number of alkyl halides is 6. The van der Waals surface area contributed by atoms with E-state index < -0.39 is 36.1 Å². The van der Waals surface area contributed by atoms with Crippen LogP contribution in [0, 0.1) is 5.82 Å². The average Bonchev–Trinajstić information content (AvgIpc) is 3.26. The highest BCUT2D eigenvalue weighted by molar-refractivity contribution is 5.79. The SMILES string of the molecule is CC(CCN(C)C(=O)NCc1cc(C(F)(F)F)cc(C(F)(F)F)c1)Nc1nc2ccccc2n1Cc1ccc(F)cc1. The van der Waals surface area contributed by atoms with Crippen LogP contribution in [0.15, 0.2) is 66.7 Å². The van der Waals surface area contributed by atoms with Crippen LogP contribution in [0.25, 0.3) is 11.0 Å². The van der Waals surface area contributed by atoms with Crippen LogP contribution in [-0.4, -0.2) is 40.1 Å². The van der Waals surface area contributed by atoms with E-state index in [1.54, 1.807) is 12.1 Å². The second-order valence-corrected chi connectivity index (χ2v) is 9.97. The van der Waals surface area contributed by atoms with Crippen LogP contribution < -0.4 is 10.6 Å². The van der Waals surface area contributed by atoms with Gasteiger partial charge in [-0.3, -0.25) is 0 Å². The van der Waals surface area contributed by atoms with Crippen LogP contribution in [0.3, 0.4) is 0 Å². The largest absolute Gasteiger partial charge is 0.416 e. The maximum Gasteiger partial charge on any atom is 0.416 e. The summed E-state index contributed by atoms with van der Waals surface area (Å²) >= 11 is 0. The Balaban J connectivity index is 1.37. The molecule has 2 amide bonds. The molecule has 1 aromatic heterocycles. The monoisotopic (exact) mass is 595 g/mol. The van der Waals surface area contributed by atoms with Crippen molar-refractivity contribution in [2.45, 2.75) is 44.8 Å². The quantitative estimate of drug-likeness (QED) is 0.200. The van der Waals surface area contributed by atoms with E-state index in [1.165, 1.54) is 24.1 Å². The van der Waals surface area contributed by atoms with Gasteiger partial charge in [-0.2, -0.15) is 26.3 Å². The first-order valence-corrected chi connectivity index (χ1v) is 12.9. The third-order valence-corrected chi connectivity index (χ3v) is 6.62. The molecule has 1 heterocycles. The normalized spacial score (nSPS) is 12.8. The molecule has 4 rings (SSSR count). The number of halogens is 7. The highest BCUT2D eigenvalue weighted by atomic mass is 19.4. The summed E-state index contributed by atoms with van der Waals surface area (Å²) in [7, 11) is 1.47. The Morgan fingerprint density at radius 1 is 0.929 bits per heavy atom. The molecule has 4 aromatic rings. The van der Waals surface area contributed by atoms with E-state index in [0.29, 0.717) is 31.0 Å². The van der Waals surface area contributed by atoms with E-state index in [9.17, 15) is 35.5 Å². The average molecular weight is 596 g/mol. The van der Waals surface area contributed by atoms with Gasteiger partial charge in [0.05, 0.1) is 28.7 Å². The maximum atomic E-state index is 13.4. The molecule has 13 heteroatoms. The van der Waals surface area contributed by atoms with Gasteiger partial charge in [-0.25, -0.2) is 14.2 Å². The fourth-order valence-electron chi connectivity index (χ4n) is 4.33. The van der Waals surface area contributed by atoms with E-state index in [0.717, 1.165) is 16.6 Å². The molecule has 6 nitrogen and oxygen atoms in total. The van der Waals surface area contributed by atoms with E-state index in [2.05, 4.69) is 15.6 Å². The van der Waals surface area contributed by atoms with Crippen molar-refractivity contribution >= 4 is 23.0 Å². The van der Waals surface area contributed by atoms with Crippen LogP contribution in [0.4, 0.5) is 41.5 Å². The molecule has 0 bridgehead atoms. The van der Waals surface area contributed by atoms with Crippen molar-refractivity contribution in [2.24, 2.45) is 0 Å². The highest BCUT2D eigenvalue weighted by Crippen LogP contribution is 2.36. The summed E-state index contributed by atoms with van der Waals surface area (Å²) in [5, 5.41) is 5.71. The zero-order valence-electron chi connectivity index (χ0n) is 22.7. The van der Waals surface area contributed by atoms with E-state index in [1.807, 2.05) is 35.8 Å². The zero-order chi connectivity index (χ0) is 30.7. The lowest BCUT2D eigenvalue weighted by molar-refractivity contribution is -0.143. The summed E-state index contributed by atoms with van der Waals surface area (Å²) in [5.41, 5.74) is -0.713. The Morgan fingerprint density at radius 3 is 2.17 bits per heavy atom. The molecule has 2 N–H and O–H groups in total. The first kappa shape index (κ1) is 30.7. The van der Waals surface area contributed by atoms with Crippen molar-refractivity contribution in [3.05, 3.63) is 94.8 Å². The van der Waals surface area contributed by atoms with Crippen LogP contribution in [-0.2, 0) is 25.4 Å². The van der Waals surface area contributed by atoms with Crippen LogP contribution in [0.5, 0.6) is 0 Å². The van der Waals surface area contributed by atoms with Crippen LogP contribution in [0.2, 0.25) is 0 Å². The Bertz CT molecular complexity index is 1500. The van der Waals surface area contributed by atoms with Crippen LogP contribution in [0.1, 0.15) is 35.6 Å². The van der Waals surface area contributed by atoms with Gasteiger partial charge in [0, 0.05) is 26.2 Å². The number of urea groups is 1. The minimum absolute atomic E-state index is 0.0414. The minimum atomic E-state index is -4.97. The highest BCUT2D eigenvalue weighted by Gasteiger charge is 2.36. The minimum Gasteiger partial charge on any atom is -0.353 e. The number of rotatable bonds is 9. The van der Waals surface area contributed by atoms with Gasteiger partial charge in [-0.1, -0.05) is 24.3 Å². The van der Waals surface area contributed by atoms with Crippen molar-refractivity contribution in [3.8, 4) is 0 Å². The number of nitrogens with one attached hydrogen (secondary N) is 2. The summed E-state index contributed by atoms with van der Waals surface area (Å²) in [6.07, 6.45) is -9.50. The molecule has 0 aliphatic carbocycles. The summed E-state index contributed by atoms with van der Waals surface area (Å²) in [4.78, 5) is 18.5. The number of hydrogen-bond donors (Lipinski definition) is 2. The lowest BCUT2D eigenvalue weighted by atomic mass is 10.0. The molecular weight excluding hydrogens is 567 g/mol. The van der Waals surface area contributed by atoms with Crippen molar-refractivity contribution in [2.75, 3.05) is 18.9 Å². The fraction of sp³-hybridized carbons (Fsp3) is 0.310. The predicted octanol–water partition coefficient (Wildman–Crippen LogP) is 7.29. The van der Waals surface area contributed by atoms with Gasteiger partial charge in [-0.15, -0.1) is 0 Å². The summed E-state index contributed by atoms with van der Waals surface area (Å²) in [6.45, 7) is 2.03. The second-order valence-electron chi connectivity index (χ2n) is 9.97. The summed E-state index contributed by atoms with van der Waals surface area (Å²) < 4.78 is 94.0. The molecule has 1 unspecified atom stereocenters. The van der Waals surface area contributed by atoms with Gasteiger partial charge in [0.1, 0.15) is 5.82 Å². The first-order valence-electron chi connectivity index (χ1n) is 12.9. The van der Waals surface area contributed by atoms with Gasteiger partial charge < -0.3 is 20.1 Å². The summed E-state index contributed by atoms with van der Waals surface area (Å²) in [6, 6.07) is 14.0. The fourth-order valence-corrected chi connectivity index (χ4v) is 4.33. The third kappa shape index (κ3) is 7.71. The number of amides is 2. The molecule has 42 heavy (non-hydrogen) atoms. The number of fused-ring (bicyclic) bond motifs is 1. The molecule has 0 spiro atoms. The summed E-state index contributed by atoms with van der Waals surface area (Å²) in [5.74, 6) is 0.236. The number of aromatic nitrogens is 2. The molecule has 0 saturated heterocycles. The Kier molecular flexibility index (Phi) is 8.97. The second kappa shape index (κ2) is 12.3. The van der Waals surface area contributed by atoms with Gasteiger partial charge >= 0.3 is 18.4 Å². The number of benzene rings is 3. The predicted molar refractivity (Wildman–Crippen MR) is 144 cm³/mol. The standard InChI is InChI=1S/C29H28F7N5O/c1-18(38-26-39-24-5-3-4-6-25(24)41(26)17-19-7-9-23(30)10-8-19)11-12-40(2)27(42)37-16-20-13-21(28(31,32)33)15-22(14-20)29(34,35)36/h3-10,13-15,18H,11-12,16-17H2,1-2H3,(H,37,42)(H,38,39). The molecule has 0 aliphatic heterocycles. The lowest BCUT2D eigenvalue weighted by Crippen LogP contribution is -2.38. The number of para-hydroxylation sites is 2. The zero-order valence-corrected chi connectivity index (χ0v) is 22.7. The van der Waals surface area contributed by atoms with Crippen LogP contribution >= 0.6 is 0 Å². The Morgan fingerprint density at radius 2 is 1.55 bits per heavy atom. The van der Waals surface area contributed by atoms with Gasteiger partial charge in [0.25, 0.3) is 0 Å². The van der Waals surface area contributed by atoms with Crippen molar-refractivity contribution in [1.82, 2.24) is 19.8 Å². The number of nitrogens with zero attached hydrogens (tertiary/aromatic N) is 3. The third-order valence-electron chi connectivity index (χ3n) is 6.62. The maximum absolute atomic E-state index is 13.4. The number of anilines is 1. The van der Waals surface area contributed by atoms with Gasteiger partial charge in [-0.05, 0) is 66.9 Å². The number of carbonyl (C=O) groups excluding carboxylic acids is 1. The molecule has 0 radical (unpaired) electrons. The van der Waals surface area contributed by atoms with E-state index >= 15 is 0 Å². The number of imidazole rings is 1. The Labute approximate surface area is 237 Å². The smallest absolute Gasteiger partial charge is 0.353 e. The van der Waals surface area contributed by atoms with Crippen molar-refractivity contribution < 1.29 is 35.5 Å². The molecular formula is C29H28F7N5O. The van der Waals surface area contributed by atoms with Gasteiger partial charge in [0.2, 0.25) is 5.95 Å². The Hall–Kier alpha value is -4.29. The van der Waals surface area contributed by atoms with Crippen molar-refractivity contribution in [3.63, 3.8) is 0 Å². The number of hydrogen-bond acceptors (Lipinski definition) is 3. The molecule has 0 aliphatic rings. The lowest BCUT2D eigenvalue weighted by Gasteiger charge is -2.22. The molecule has 3 aromatic carbocycles. The van der Waals surface area contributed by atoms with Gasteiger partial charge in [0.15, 0.2) is 0 Å². The topological polar surface area (TPSA) is 62.2 Å². The molecule has 224 valence electrons.